The first kappa shape index (κ1) is 16.5. The number of carboxylic acids is 1. The van der Waals surface area contributed by atoms with E-state index in [0.717, 1.165) is 31.0 Å². The normalized spacial score (nSPS) is 24.8. The number of amides is 1. The number of nitrogens with one attached hydrogen (secondary N) is 1. The van der Waals surface area contributed by atoms with Crippen LogP contribution < -0.4 is 10.2 Å². The molecule has 1 aliphatic carbocycles. The second kappa shape index (κ2) is 7.02. The molecule has 1 aromatic heterocycles. The van der Waals surface area contributed by atoms with Gasteiger partial charge in [-0.05, 0) is 25.7 Å². The van der Waals surface area contributed by atoms with Crippen LogP contribution in [0.4, 0.5) is 11.6 Å². The van der Waals surface area contributed by atoms with Gasteiger partial charge < -0.3 is 20.2 Å². The lowest BCUT2D eigenvalue weighted by molar-refractivity contribution is -0.142. The lowest BCUT2D eigenvalue weighted by Crippen LogP contribution is -2.48. The van der Waals surface area contributed by atoms with Crippen molar-refractivity contribution in [3.63, 3.8) is 0 Å². The number of rotatable bonds is 4. The molecule has 0 aromatic carbocycles. The molecule has 2 heterocycles. The summed E-state index contributed by atoms with van der Waals surface area (Å²) < 4.78 is 0. The quantitative estimate of drug-likeness (QED) is 0.841. The molecule has 1 saturated heterocycles. The third kappa shape index (κ3) is 3.74. The highest BCUT2D eigenvalue weighted by Crippen LogP contribution is 2.27. The Morgan fingerprint density at radius 3 is 2.67 bits per heavy atom. The number of aliphatic carboxylic acids is 1. The Labute approximate surface area is 140 Å². The number of nitrogens with zero attached hydrogens (tertiary/aromatic N) is 4. The van der Waals surface area contributed by atoms with Crippen molar-refractivity contribution in [2.45, 2.75) is 31.7 Å². The molecule has 0 bridgehead atoms. The minimum absolute atomic E-state index is 0.0846. The zero-order chi connectivity index (χ0) is 17.1. The zero-order valence-corrected chi connectivity index (χ0v) is 13.8. The SMILES string of the molecule is CN1CCN(c2cc(NC3CCC(C(=O)O)CC3)ncn2)CC1=O. The van der Waals surface area contributed by atoms with Crippen LogP contribution in [0.5, 0.6) is 0 Å². The molecule has 2 aliphatic rings. The summed E-state index contributed by atoms with van der Waals surface area (Å²) in [6.07, 6.45) is 4.53. The molecule has 130 valence electrons. The van der Waals surface area contributed by atoms with Gasteiger partial charge in [0.25, 0.3) is 0 Å². The Morgan fingerprint density at radius 1 is 1.25 bits per heavy atom. The molecule has 0 spiro atoms. The van der Waals surface area contributed by atoms with Gasteiger partial charge in [-0.1, -0.05) is 0 Å². The molecule has 2 N–H and O–H groups in total. The Balaban J connectivity index is 1.60. The molecular formula is C16H23N5O3. The Kier molecular flexibility index (Phi) is 4.82. The summed E-state index contributed by atoms with van der Waals surface area (Å²) in [6, 6.07) is 2.10. The van der Waals surface area contributed by atoms with Crippen LogP contribution in [0.3, 0.4) is 0 Å². The highest BCUT2D eigenvalue weighted by Gasteiger charge is 2.26. The summed E-state index contributed by atoms with van der Waals surface area (Å²) in [4.78, 5) is 35.1. The fraction of sp³-hybridized carbons (Fsp3) is 0.625. The molecule has 1 amide bonds. The van der Waals surface area contributed by atoms with Crippen LogP contribution in [-0.4, -0.2) is 64.6 Å². The predicted octanol–water partition coefficient (Wildman–Crippen LogP) is 0.810. The van der Waals surface area contributed by atoms with Gasteiger partial charge in [0.15, 0.2) is 0 Å². The van der Waals surface area contributed by atoms with Crippen LogP contribution in [0.1, 0.15) is 25.7 Å². The first-order valence-electron chi connectivity index (χ1n) is 8.33. The second-order valence-electron chi connectivity index (χ2n) is 6.53. The summed E-state index contributed by atoms with van der Waals surface area (Å²) in [5, 5.41) is 12.4. The van der Waals surface area contributed by atoms with Gasteiger partial charge in [0, 0.05) is 32.2 Å². The smallest absolute Gasteiger partial charge is 0.306 e. The van der Waals surface area contributed by atoms with Gasteiger partial charge in [0.2, 0.25) is 5.91 Å². The summed E-state index contributed by atoms with van der Waals surface area (Å²) >= 11 is 0. The Morgan fingerprint density at radius 2 is 2.00 bits per heavy atom. The molecule has 8 heteroatoms. The van der Waals surface area contributed by atoms with E-state index in [4.69, 9.17) is 5.11 Å². The maximum absolute atomic E-state index is 11.8. The third-order valence-electron chi connectivity index (χ3n) is 4.86. The largest absolute Gasteiger partial charge is 0.481 e. The summed E-state index contributed by atoms with van der Waals surface area (Å²) in [6.45, 7) is 1.77. The summed E-state index contributed by atoms with van der Waals surface area (Å²) in [5.74, 6) is 0.637. The van der Waals surface area contributed by atoms with Crippen molar-refractivity contribution in [2.75, 3.05) is 36.9 Å². The first-order chi connectivity index (χ1) is 11.5. The fourth-order valence-corrected chi connectivity index (χ4v) is 3.25. The van der Waals surface area contributed by atoms with Crippen LogP contribution in [0.15, 0.2) is 12.4 Å². The van der Waals surface area contributed by atoms with Gasteiger partial charge in [0.1, 0.15) is 18.0 Å². The van der Waals surface area contributed by atoms with Crippen molar-refractivity contribution in [1.82, 2.24) is 14.9 Å². The number of carbonyl (C=O) groups is 2. The van der Waals surface area contributed by atoms with E-state index < -0.39 is 5.97 Å². The van der Waals surface area contributed by atoms with Gasteiger partial charge in [-0.15, -0.1) is 0 Å². The maximum Gasteiger partial charge on any atom is 0.306 e. The molecule has 0 atom stereocenters. The van der Waals surface area contributed by atoms with Gasteiger partial charge >= 0.3 is 5.97 Å². The topological polar surface area (TPSA) is 98.7 Å². The van der Waals surface area contributed by atoms with Crippen molar-refractivity contribution in [3.8, 4) is 0 Å². The average Bonchev–Trinajstić information content (AvgIpc) is 2.58. The van der Waals surface area contributed by atoms with E-state index in [1.807, 2.05) is 11.0 Å². The number of likely N-dealkylation sites (N-methyl/N-ethyl adjacent to an activating group) is 1. The minimum Gasteiger partial charge on any atom is -0.481 e. The van der Waals surface area contributed by atoms with E-state index >= 15 is 0 Å². The van der Waals surface area contributed by atoms with Crippen molar-refractivity contribution >= 4 is 23.5 Å². The lowest BCUT2D eigenvalue weighted by atomic mass is 9.86. The number of hydrogen-bond acceptors (Lipinski definition) is 6. The van der Waals surface area contributed by atoms with E-state index in [1.165, 1.54) is 6.33 Å². The molecule has 1 aromatic rings. The second-order valence-corrected chi connectivity index (χ2v) is 6.53. The van der Waals surface area contributed by atoms with Crippen molar-refractivity contribution in [3.05, 3.63) is 12.4 Å². The van der Waals surface area contributed by atoms with Gasteiger partial charge in [-0.3, -0.25) is 9.59 Å². The zero-order valence-electron chi connectivity index (χ0n) is 13.8. The van der Waals surface area contributed by atoms with E-state index in [0.29, 0.717) is 25.9 Å². The number of carboxylic acid groups (broad SMARTS) is 1. The number of piperazine rings is 1. The summed E-state index contributed by atoms with van der Waals surface area (Å²) in [7, 11) is 1.81. The highest BCUT2D eigenvalue weighted by atomic mass is 16.4. The number of aromatic nitrogens is 2. The van der Waals surface area contributed by atoms with Crippen molar-refractivity contribution in [1.29, 1.82) is 0 Å². The van der Waals surface area contributed by atoms with Crippen molar-refractivity contribution in [2.24, 2.45) is 5.92 Å². The van der Waals surface area contributed by atoms with Crippen LogP contribution in [0, 0.1) is 5.92 Å². The third-order valence-corrected chi connectivity index (χ3v) is 4.86. The standard InChI is InChI=1S/C16H23N5O3/c1-20-6-7-21(9-15(20)22)14-8-13(17-10-18-14)19-12-4-2-11(3-5-12)16(23)24/h8,10-12H,2-7,9H2,1H3,(H,23,24)(H,17,18,19). The maximum atomic E-state index is 11.8. The Bertz CT molecular complexity index is 615. The van der Waals surface area contributed by atoms with E-state index in [9.17, 15) is 9.59 Å². The molecule has 0 unspecified atom stereocenters. The van der Waals surface area contributed by atoms with E-state index in [1.54, 1.807) is 11.9 Å². The average molecular weight is 333 g/mol. The number of carbonyl (C=O) groups excluding carboxylic acids is 1. The van der Waals surface area contributed by atoms with Crippen LogP contribution >= 0.6 is 0 Å². The molecule has 8 nitrogen and oxygen atoms in total. The molecular weight excluding hydrogens is 310 g/mol. The molecule has 1 saturated carbocycles. The fourth-order valence-electron chi connectivity index (χ4n) is 3.25. The van der Waals surface area contributed by atoms with Gasteiger partial charge in [-0.2, -0.15) is 0 Å². The van der Waals surface area contributed by atoms with E-state index in [-0.39, 0.29) is 17.9 Å². The number of hydrogen-bond donors (Lipinski definition) is 2. The Hall–Kier alpha value is -2.38. The predicted molar refractivity (Wildman–Crippen MR) is 88.9 cm³/mol. The monoisotopic (exact) mass is 333 g/mol. The lowest BCUT2D eigenvalue weighted by Gasteiger charge is -2.33. The van der Waals surface area contributed by atoms with Crippen molar-refractivity contribution < 1.29 is 14.7 Å². The first-order valence-corrected chi connectivity index (χ1v) is 8.33. The van der Waals surface area contributed by atoms with Gasteiger partial charge in [0.05, 0.1) is 12.5 Å². The molecule has 2 fully saturated rings. The van der Waals surface area contributed by atoms with E-state index in [2.05, 4.69) is 15.3 Å². The molecule has 1 aliphatic heterocycles. The summed E-state index contributed by atoms with van der Waals surface area (Å²) in [5.41, 5.74) is 0. The van der Waals surface area contributed by atoms with Crippen LogP contribution in [0.2, 0.25) is 0 Å². The number of anilines is 2. The van der Waals surface area contributed by atoms with Crippen LogP contribution in [-0.2, 0) is 9.59 Å². The van der Waals surface area contributed by atoms with Crippen LogP contribution in [0.25, 0.3) is 0 Å². The molecule has 0 radical (unpaired) electrons. The highest BCUT2D eigenvalue weighted by molar-refractivity contribution is 5.82. The van der Waals surface area contributed by atoms with Gasteiger partial charge in [-0.25, -0.2) is 9.97 Å². The molecule has 24 heavy (non-hydrogen) atoms. The minimum atomic E-state index is -0.697. The molecule has 3 rings (SSSR count).